The van der Waals surface area contributed by atoms with Crippen LogP contribution in [0.1, 0.15) is 107 Å². The predicted molar refractivity (Wildman–Crippen MR) is 145 cm³/mol. The largest absolute Gasteiger partial charge is 0.496 e. The number of methoxy groups -OCH3 is 1. The lowest BCUT2D eigenvalue weighted by atomic mass is 9.70. The van der Waals surface area contributed by atoms with Crippen LogP contribution in [0.5, 0.6) is 11.5 Å². The van der Waals surface area contributed by atoms with Gasteiger partial charge in [0, 0.05) is 12.6 Å². The molecule has 0 radical (unpaired) electrons. The molecule has 0 spiro atoms. The summed E-state index contributed by atoms with van der Waals surface area (Å²) in [6, 6.07) is 2.36. The lowest BCUT2D eigenvalue weighted by Gasteiger charge is -2.39. The van der Waals surface area contributed by atoms with Crippen molar-refractivity contribution in [2.75, 3.05) is 13.7 Å². The quantitative estimate of drug-likeness (QED) is 0.374. The lowest BCUT2D eigenvalue weighted by molar-refractivity contribution is -0.128. The van der Waals surface area contributed by atoms with Crippen LogP contribution < -0.4 is 20.1 Å². The van der Waals surface area contributed by atoms with Crippen molar-refractivity contribution in [3.05, 3.63) is 23.3 Å². The summed E-state index contributed by atoms with van der Waals surface area (Å²) >= 11 is 0. The molecule has 5 rings (SSSR count). The van der Waals surface area contributed by atoms with Crippen LogP contribution in [-0.2, 0) is 4.79 Å². The van der Waals surface area contributed by atoms with Gasteiger partial charge in [-0.3, -0.25) is 9.59 Å². The van der Waals surface area contributed by atoms with Crippen LogP contribution in [0, 0.1) is 28.6 Å². The van der Waals surface area contributed by atoms with Gasteiger partial charge >= 0.3 is 0 Å². The molecule has 2 amide bonds. The van der Waals surface area contributed by atoms with E-state index in [9.17, 15) is 18.4 Å². The van der Waals surface area contributed by atoms with Crippen LogP contribution in [0.2, 0.25) is 0 Å². The Morgan fingerprint density at radius 3 is 2.31 bits per heavy atom. The van der Waals surface area contributed by atoms with Crippen LogP contribution in [0.25, 0.3) is 0 Å². The average Bonchev–Trinajstić information content (AvgIpc) is 3.49. The molecule has 8 heteroatoms. The summed E-state index contributed by atoms with van der Waals surface area (Å²) in [4.78, 5) is 27.0. The first-order chi connectivity index (χ1) is 18.5. The van der Waals surface area contributed by atoms with Crippen LogP contribution in [0.4, 0.5) is 8.78 Å². The highest BCUT2D eigenvalue weighted by atomic mass is 19.3. The van der Waals surface area contributed by atoms with E-state index in [4.69, 9.17) is 9.47 Å². The minimum atomic E-state index is -2.76. The van der Waals surface area contributed by atoms with E-state index in [2.05, 4.69) is 31.4 Å². The van der Waals surface area contributed by atoms with Gasteiger partial charge in [-0.1, -0.05) is 27.2 Å². The smallest absolute Gasteiger partial charge is 0.267 e. The van der Waals surface area contributed by atoms with E-state index in [0.717, 1.165) is 57.8 Å². The summed E-state index contributed by atoms with van der Waals surface area (Å²) in [5.74, 6) is -0.0511. The molecule has 1 aromatic rings. The Hall–Kier alpha value is -2.38. The Balaban J connectivity index is 1.33. The van der Waals surface area contributed by atoms with E-state index in [-0.39, 0.29) is 69.3 Å². The van der Waals surface area contributed by atoms with Crippen LogP contribution >= 0.6 is 0 Å². The molecule has 0 aliphatic heterocycles. The normalized spacial score (nSPS) is 29.1. The third-order valence-electron chi connectivity index (χ3n) is 10.2. The molecule has 0 unspecified atom stereocenters. The number of halogens is 2. The lowest BCUT2D eigenvalue weighted by Crippen LogP contribution is -2.51. The molecular formula is C31H44F2N2O4. The van der Waals surface area contributed by atoms with Crippen molar-refractivity contribution < 1.29 is 27.8 Å². The second kappa shape index (κ2) is 10.9. The maximum absolute atomic E-state index is 14.0. The fraction of sp³-hybridized carbons (Fsp3) is 0.742. The van der Waals surface area contributed by atoms with Crippen molar-refractivity contribution in [2.24, 2.45) is 28.6 Å². The van der Waals surface area contributed by atoms with E-state index in [0.29, 0.717) is 6.54 Å². The highest BCUT2D eigenvalue weighted by Gasteiger charge is 2.51. The molecule has 2 N–H and O–H groups in total. The zero-order valence-corrected chi connectivity index (χ0v) is 23.8. The molecule has 4 saturated carbocycles. The molecule has 216 valence electrons. The van der Waals surface area contributed by atoms with Crippen LogP contribution in [-0.4, -0.2) is 37.6 Å². The van der Waals surface area contributed by atoms with E-state index in [1.165, 1.54) is 25.7 Å². The summed E-state index contributed by atoms with van der Waals surface area (Å²) in [7, 11) is 1.37. The Morgan fingerprint density at radius 2 is 1.69 bits per heavy atom. The van der Waals surface area contributed by atoms with E-state index < -0.39 is 12.3 Å². The fourth-order valence-electron chi connectivity index (χ4n) is 7.35. The number of nitrogens with one attached hydrogen (secondary N) is 2. The number of fused-ring (bicyclic) bond motifs is 2. The van der Waals surface area contributed by atoms with E-state index in [1.807, 2.05) is 0 Å². The van der Waals surface area contributed by atoms with Gasteiger partial charge in [-0.05, 0) is 92.6 Å². The summed E-state index contributed by atoms with van der Waals surface area (Å²) < 4.78 is 39.6. The number of hydrogen-bond donors (Lipinski definition) is 2. The maximum Gasteiger partial charge on any atom is 0.267 e. The summed E-state index contributed by atoms with van der Waals surface area (Å²) in [6.07, 6.45) is 6.90. The average molecular weight is 547 g/mol. The van der Waals surface area contributed by atoms with Gasteiger partial charge in [0.05, 0.1) is 30.3 Å². The van der Waals surface area contributed by atoms with Crippen molar-refractivity contribution in [1.29, 1.82) is 0 Å². The zero-order chi connectivity index (χ0) is 27.9. The minimum absolute atomic E-state index is 0.0184. The first-order valence-electron chi connectivity index (χ1n) is 14.7. The topological polar surface area (TPSA) is 76.7 Å². The second-order valence-electron chi connectivity index (χ2n) is 13.6. The third kappa shape index (κ3) is 5.90. The molecule has 39 heavy (non-hydrogen) atoms. The molecule has 0 heterocycles. The summed E-state index contributed by atoms with van der Waals surface area (Å²) in [6.45, 7) is 7.29. The van der Waals surface area contributed by atoms with Gasteiger partial charge in [0.15, 0.2) is 0 Å². The van der Waals surface area contributed by atoms with Gasteiger partial charge in [-0.25, -0.2) is 8.78 Å². The third-order valence-corrected chi connectivity index (χ3v) is 10.2. The Labute approximate surface area is 231 Å². The molecule has 4 aliphatic carbocycles. The van der Waals surface area contributed by atoms with Gasteiger partial charge < -0.3 is 20.1 Å². The van der Waals surface area contributed by atoms with Crippen molar-refractivity contribution in [3.8, 4) is 11.5 Å². The number of carbonyl (C=O) groups excluding carboxylic acids is 2. The van der Waals surface area contributed by atoms with Crippen LogP contribution in [0.3, 0.4) is 0 Å². The molecule has 4 fully saturated rings. The van der Waals surface area contributed by atoms with Crippen molar-refractivity contribution >= 4 is 11.8 Å². The maximum atomic E-state index is 14.0. The van der Waals surface area contributed by atoms with Crippen LogP contribution in [0.15, 0.2) is 12.1 Å². The highest BCUT2D eigenvalue weighted by Crippen LogP contribution is 2.49. The van der Waals surface area contributed by atoms with Crippen molar-refractivity contribution in [3.63, 3.8) is 0 Å². The number of carbonyl (C=O) groups is 2. The number of benzene rings is 1. The van der Waals surface area contributed by atoms with Gasteiger partial charge in [0.1, 0.15) is 11.5 Å². The Kier molecular flexibility index (Phi) is 7.86. The predicted octanol–water partition coefficient (Wildman–Crippen LogP) is 6.43. The van der Waals surface area contributed by atoms with E-state index >= 15 is 0 Å². The molecule has 1 aromatic carbocycles. The van der Waals surface area contributed by atoms with Crippen molar-refractivity contribution in [1.82, 2.24) is 10.6 Å². The standard InChI is InChI=1S/C31H44F2N2O4/c1-30(2)12-8-20(9-13-30)39-24-16-22(23(38-4)15-21(24)27(32)33)28(36)35-26-19-7-6-18(14-19)25(26)29(37)34-17-31(3)10-5-11-31/h15-16,18-20,25-27H,5-14,17H2,1-4H3,(H,34,37)(H,35,36)/t18-,19+,25+,26-/m1/s1. The Bertz CT molecular complexity index is 1080. The fourth-order valence-corrected chi connectivity index (χ4v) is 7.35. The number of alkyl halides is 2. The zero-order valence-electron chi connectivity index (χ0n) is 23.8. The molecule has 2 bridgehead atoms. The van der Waals surface area contributed by atoms with E-state index in [1.54, 1.807) is 0 Å². The van der Waals surface area contributed by atoms with Gasteiger partial charge in [0.2, 0.25) is 5.91 Å². The molecule has 6 nitrogen and oxygen atoms in total. The molecule has 4 atom stereocenters. The Morgan fingerprint density at radius 1 is 1.00 bits per heavy atom. The SMILES string of the molecule is COc1cc(C(F)F)c(OC2CCC(C)(C)CC2)cc1C(=O)N[C@@H]1[C@H]2CC[C@H](C2)[C@@H]1C(=O)NCC1(C)CCC1. The molecule has 4 aliphatic rings. The monoisotopic (exact) mass is 546 g/mol. The number of ether oxygens (including phenoxy) is 2. The highest BCUT2D eigenvalue weighted by molar-refractivity contribution is 5.98. The van der Waals surface area contributed by atoms with Gasteiger partial charge in [-0.15, -0.1) is 0 Å². The van der Waals surface area contributed by atoms with Crippen molar-refractivity contribution in [2.45, 2.75) is 104 Å². The first-order valence-corrected chi connectivity index (χ1v) is 14.7. The number of amides is 2. The number of rotatable bonds is 9. The molecule has 0 aromatic heterocycles. The van der Waals surface area contributed by atoms with Gasteiger partial charge in [0.25, 0.3) is 12.3 Å². The first kappa shape index (κ1) is 28.2. The molecule has 0 saturated heterocycles. The van der Waals surface area contributed by atoms with Gasteiger partial charge in [-0.2, -0.15) is 0 Å². The summed E-state index contributed by atoms with van der Waals surface area (Å²) in [5, 5.41) is 6.30. The molecular weight excluding hydrogens is 502 g/mol. The number of hydrogen-bond acceptors (Lipinski definition) is 4. The summed E-state index contributed by atoms with van der Waals surface area (Å²) in [5.41, 5.74) is 0.290. The minimum Gasteiger partial charge on any atom is -0.496 e. The second-order valence-corrected chi connectivity index (χ2v) is 13.6.